The second-order valence-corrected chi connectivity index (χ2v) is 6.34. The van der Waals surface area contributed by atoms with E-state index in [4.69, 9.17) is 13.8 Å². The van der Waals surface area contributed by atoms with Crippen molar-refractivity contribution in [3.05, 3.63) is 47.4 Å². The Balaban J connectivity index is 1.31. The molecule has 1 saturated heterocycles. The molecule has 2 aromatic heterocycles. The van der Waals surface area contributed by atoms with Crippen molar-refractivity contribution in [1.29, 1.82) is 0 Å². The molecule has 130 valence electrons. The Morgan fingerprint density at radius 2 is 1.76 bits per heavy atom. The van der Waals surface area contributed by atoms with Crippen LogP contribution in [0.4, 0.5) is 0 Å². The molecule has 1 fully saturated rings. The highest BCUT2D eigenvalue weighted by Gasteiger charge is 2.23. The van der Waals surface area contributed by atoms with Crippen LogP contribution in [0.1, 0.15) is 41.9 Å². The predicted molar refractivity (Wildman–Crippen MR) is 89.0 cm³/mol. The minimum absolute atomic E-state index is 0.269. The summed E-state index contributed by atoms with van der Waals surface area (Å²) in [4.78, 5) is 8.91. The summed E-state index contributed by atoms with van der Waals surface area (Å²) in [6.07, 6.45) is 3.16. The maximum absolute atomic E-state index is 5.36. The molecule has 0 radical (unpaired) electrons. The highest BCUT2D eigenvalue weighted by Crippen LogP contribution is 2.23. The summed E-state index contributed by atoms with van der Waals surface area (Å²) in [5.41, 5.74) is 2.16. The molecule has 0 amide bonds. The molecule has 7 nitrogen and oxygen atoms in total. The van der Waals surface area contributed by atoms with E-state index < -0.39 is 0 Å². The van der Waals surface area contributed by atoms with Gasteiger partial charge < -0.3 is 13.8 Å². The summed E-state index contributed by atoms with van der Waals surface area (Å²) < 4.78 is 16.0. The lowest BCUT2D eigenvalue weighted by molar-refractivity contribution is 0.192. The molecule has 1 aliphatic heterocycles. The molecular formula is C18H20N4O3. The first kappa shape index (κ1) is 16.0. The molecule has 0 unspecified atom stereocenters. The summed E-state index contributed by atoms with van der Waals surface area (Å²) in [7, 11) is 0. The molecule has 1 atom stereocenters. The van der Waals surface area contributed by atoms with Crippen LogP contribution in [0.3, 0.4) is 0 Å². The van der Waals surface area contributed by atoms with Gasteiger partial charge in [0.1, 0.15) is 0 Å². The number of rotatable bonds is 6. The second kappa shape index (κ2) is 7.14. The van der Waals surface area contributed by atoms with Gasteiger partial charge in [-0.3, -0.25) is 0 Å². The molecule has 0 N–H and O–H groups in total. The molecule has 4 rings (SSSR count). The van der Waals surface area contributed by atoms with Crippen molar-refractivity contribution in [3.8, 4) is 11.4 Å². The number of ether oxygens (including phenoxy) is 1. The van der Waals surface area contributed by atoms with Crippen LogP contribution in [0.15, 0.2) is 33.3 Å². The number of aryl methyl sites for hydroxylation is 3. The fourth-order valence-electron chi connectivity index (χ4n) is 2.84. The Morgan fingerprint density at radius 3 is 2.52 bits per heavy atom. The largest absolute Gasteiger partial charge is 0.381 e. The molecule has 0 bridgehead atoms. The average molecular weight is 340 g/mol. The molecule has 1 aliphatic rings. The molecule has 1 aromatic carbocycles. The van der Waals surface area contributed by atoms with Crippen LogP contribution in [0.2, 0.25) is 0 Å². The van der Waals surface area contributed by atoms with Gasteiger partial charge in [-0.15, -0.1) is 0 Å². The number of nitrogens with zero attached hydrogens (tertiary/aromatic N) is 4. The molecule has 3 aromatic rings. The third-order valence-corrected chi connectivity index (χ3v) is 4.34. The standard InChI is InChI=1S/C18H20N4O3/c1-12-5-7-13(8-6-12)17-19-15(24-21-17)3-2-4-16-20-18(22-25-16)14-9-10-23-11-14/h5-8,14H,2-4,9-11H2,1H3/t14-/m0/s1. The number of hydrogen-bond acceptors (Lipinski definition) is 7. The second-order valence-electron chi connectivity index (χ2n) is 6.34. The van der Waals surface area contributed by atoms with Crippen LogP contribution in [0.5, 0.6) is 0 Å². The van der Waals surface area contributed by atoms with Crippen LogP contribution >= 0.6 is 0 Å². The SMILES string of the molecule is Cc1ccc(-c2noc(CCCc3nc([C@H]4CCOC4)no3)n2)cc1. The van der Waals surface area contributed by atoms with Gasteiger partial charge in [0.25, 0.3) is 0 Å². The summed E-state index contributed by atoms with van der Waals surface area (Å²) in [5, 5.41) is 8.10. The Morgan fingerprint density at radius 1 is 1.00 bits per heavy atom. The molecule has 3 heterocycles. The van der Waals surface area contributed by atoms with E-state index in [-0.39, 0.29) is 5.92 Å². The van der Waals surface area contributed by atoms with Crippen molar-refractivity contribution in [2.24, 2.45) is 0 Å². The highest BCUT2D eigenvalue weighted by molar-refractivity contribution is 5.54. The number of benzene rings is 1. The maximum Gasteiger partial charge on any atom is 0.226 e. The van der Waals surface area contributed by atoms with E-state index in [1.165, 1.54) is 5.56 Å². The van der Waals surface area contributed by atoms with E-state index in [2.05, 4.69) is 20.3 Å². The van der Waals surface area contributed by atoms with E-state index in [0.717, 1.165) is 30.8 Å². The Labute approximate surface area is 145 Å². The van der Waals surface area contributed by atoms with Crippen molar-refractivity contribution < 1.29 is 13.8 Å². The zero-order valence-corrected chi connectivity index (χ0v) is 14.1. The summed E-state index contributed by atoms with van der Waals surface area (Å²) in [6, 6.07) is 8.06. The lowest BCUT2D eigenvalue weighted by atomic mass is 10.1. The fourth-order valence-corrected chi connectivity index (χ4v) is 2.84. The summed E-state index contributed by atoms with van der Waals surface area (Å²) in [5.74, 6) is 2.92. The molecule has 0 aliphatic carbocycles. The highest BCUT2D eigenvalue weighted by atomic mass is 16.5. The number of hydrogen-bond donors (Lipinski definition) is 0. The molecule has 0 spiro atoms. The van der Waals surface area contributed by atoms with Crippen LogP contribution in [-0.2, 0) is 17.6 Å². The van der Waals surface area contributed by atoms with E-state index in [9.17, 15) is 0 Å². The van der Waals surface area contributed by atoms with Crippen LogP contribution in [0, 0.1) is 6.92 Å². The lowest BCUT2D eigenvalue weighted by Gasteiger charge is -1.97. The van der Waals surface area contributed by atoms with Gasteiger partial charge in [-0.05, 0) is 19.8 Å². The predicted octanol–water partition coefficient (Wildman–Crippen LogP) is 3.11. The molecule has 25 heavy (non-hydrogen) atoms. The minimum Gasteiger partial charge on any atom is -0.381 e. The Bertz CT molecular complexity index is 819. The zero-order valence-electron chi connectivity index (χ0n) is 14.1. The maximum atomic E-state index is 5.36. The Hall–Kier alpha value is -2.54. The van der Waals surface area contributed by atoms with Crippen LogP contribution in [0.25, 0.3) is 11.4 Å². The minimum atomic E-state index is 0.269. The quantitative estimate of drug-likeness (QED) is 0.681. The molecular weight excluding hydrogens is 320 g/mol. The smallest absolute Gasteiger partial charge is 0.226 e. The lowest BCUT2D eigenvalue weighted by Crippen LogP contribution is -2.00. The van der Waals surface area contributed by atoms with Gasteiger partial charge in [0.05, 0.1) is 6.61 Å². The number of aromatic nitrogens is 4. The van der Waals surface area contributed by atoms with E-state index in [0.29, 0.717) is 37.1 Å². The van der Waals surface area contributed by atoms with Crippen LogP contribution in [-0.4, -0.2) is 33.5 Å². The van der Waals surface area contributed by atoms with Gasteiger partial charge in [-0.2, -0.15) is 9.97 Å². The van der Waals surface area contributed by atoms with Crippen molar-refractivity contribution in [2.75, 3.05) is 13.2 Å². The zero-order chi connectivity index (χ0) is 17.1. The van der Waals surface area contributed by atoms with E-state index >= 15 is 0 Å². The van der Waals surface area contributed by atoms with Crippen LogP contribution < -0.4 is 0 Å². The van der Waals surface area contributed by atoms with Gasteiger partial charge in [-0.25, -0.2) is 0 Å². The topological polar surface area (TPSA) is 87.1 Å². The first-order valence-electron chi connectivity index (χ1n) is 8.58. The first-order valence-corrected chi connectivity index (χ1v) is 8.58. The van der Waals surface area contributed by atoms with Gasteiger partial charge in [-0.1, -0.05) is 40.1 Å². The van der Waals surface area contributed by atoms with Gasteiger partial charge >= 0.3 is 0 Å². The average Bonchev–Trinajstić information content (AvgIpc) is 3.37. The third kappa shape index (κ3) is 3.76. The van der Waals surface area contributed by atoms with Crippen molar-refractivity contribution in [2.45, 2.75) is 38.5 Å². The molecule has 7 heteroatoms. The van der Waals surface area contributed by atoms with Crippen molar-refractivity contribution >= 4 is 0 Å². The van der Waals surface area contributed by atoms with E-state index in [1.54, 1.807) is 0 Å². The fraction of sp³-hybridized carbons (Fsp3) is 0.444. The first-order chi connectivity index (χ1) is 12.3. The van der Waals surface area contributed by atoms with Gasteiger partial charge in [0.2, 0.25) is 17.6 Å². The van der Waals surface area contributed by atoms with Crippen molar-refractivity contribution in [1.82, 2.24) is 20.3 Å². The summed E-state index contributed by atoms with van der Waals surface area (Å²) in [6.45, 7) is 3.51. The van der Waals surface area contributed by atoms with E-state index in [1.807, 2.05) is 31.2 Å². The Kier molecular flexibility index (Phi) is 4.56. The van der Waals surface area contributed by atoms with Gasteiger partial charge in [0.15, 0.2) is 5.82 Å². The normalized spacial score (nSPS) is 17.2. The van der Waals surface area contributed by atoms with Gasteiger partial charge in [0, 0.05) is 30.9 Å². The third-order valence-electron chi connectivity index (χ3n) is 4.34. The van der Waals surface area contributed by atoms with Crippen molar-refractivity contribution in [3.63, 3.8) is 0 Å². The monoisotopic (exact) mass is 340 g/mol. The summed E-state index contributed by atoms with van der Waals surface area (Å²) >= 11 is 0. The molecule has 0 saturated carbocycles.